The number of fused-ring (bicyclic) bond motifs is 3. The minimum atomic E-state index is -0.845. The Morgan fingerprint density at radius 1 is 0.875 bits per heavy atom. The normalized spacial score (nSPS) is 30.6. The molecule has 0 saturated carbocycles. The number of carbonyl (C=O) groups is 2. The van der Waals surface area contributed by atoms with Gasteiger partial charge < -0.3 is 10.2 Å². The molecule has 3 unspecified atom stereocenters. The van der Waals surface area contributed by atoms with Gasteiger partial charge in [0.1, 0.15) is 6.54 Å². The van der Waals surface area contributed by atoms with Gasteiger partial charge in [-0.3, -0.25) is 9.59 Å². The number of hydrogen-bond donors (Lipinski definition) is 4. The third kappa shape index (κ3) is 7.12. The van der Waals surface area contributed by atoms with Crippen LogP contribution >= 0.6 is 0 Å². The lowest BCUT2D eigenvalue weighted by molar-refractivity contribution is -0.140. The van der Waals surface area contributed by atoms with Crippen molar-refractivity contribution in [3.8, 4) is 0 Å². The van der Waals surface area contributed by atoms with Gasteiger partial charge in [0, 0.05) is 26.1 Å². The lowest BCUT2D eigenvalue weighted by Crippen LogP contribution is -2.57. The maximum Gasteiger partial charge on any atom is 0.319 e. The van der Waals surface area contributed by atoms with Crippen molar-refractivity contribution in [3.63, 3.8) is 0 Å². The highest BCUT2D eigenvalue weighted by Crippen LogP contribution is 2.27. The zero-order chi connectivity index (χ0) is 17.4. The van der Waals surface area contributed by atoms with Crippen LogP contribution in [-0.4, -0.2) is 58.3 Å². The molecule has 0 radical (unpaired) electrons. The van der Waals surface area contributed by atoms with Gasteiger partial charge in [-0.05, 0) is 50.4 Å². The van der Waals surface area contributed by atoms with E-state index >= 15 is 0 Å². The van der Waals surface area contributed by atoms with E-state index in [1.54, 1.807) is 5.01 Å². The number of carboxylic acid groups (broad SMARTS) is 2. The van der Waals surface area contributed by atoms with Crippen LogP contribution in [0.2, 0.25) is 0 Å². The second-order valence-electron chi connectivity index (χ2n) is 7.01. The van der Waals surface area contributed by atoms with Gasteiger partial charge in [0.25, 0.3) is 0 Å². The second-order valence-corrected chi connectivity index (χ2v) is 7.01. The van der Waals surface area contributed by atoms with Crippen molar-refractivity contribution < 1.29 is 19.8 Å². The van der Waals surface area contributed by atoms with Crippen molar-refractivity contribution in [2.24, 2.45) is 11.8 Å². The fourth-order valence-electron chi connectivity index (χ4n) is 3.68. The molecule has 2 rings (SSSR count). The van der Waals surface area contributed by atoms with E-state index in [1.165, 1.54) is 0 Å². The predicted molar refractivity (Wildman–Crippen MR) is 88.6 cm³/mol. The van der Waals surface area contributed by atoms with Crippen LogP contribution in [0.1, 0.15) is 51.4 Å². The van der Waals surface area contributed by atoms with Crippen LogP contribution in [0.15, 0.2) is 0 Å². The van der Waals surface area contributed by atoms with E-state index < -0.39 is 11.9 Å². The van der Waals surface area contributed by atoms with Crippen LogP contribution in [0.4, 0.5) is 0 Å². The number of rotatable bonds is 4. The highest BCUT2D eigenvalue weighted by atomic mass is 16.4. The molecule has 0 aromatic rings. The molecule has 0 aliphatic carbocycles. The molecular formula is C16H30N4O4. The summed E-state index contributed by atoms with van der Waals surface area (Å²) in [6.07, 6.45) is 7.28. The molecule has 0 aromatic carbocycles. The van der Waals surface area contributed by atoms with E-state index in [1.807, 2.05) is 0 Å². The standard InChI is InChI=1S/C16H30N4O4/c21-15(22)11-14-4-2-8-19-10-7-13(5-6-14)3-1-9-20(18-17-19)12-16(23)24/h13-14,17-18H,1-12H2,(H,21,22)(H,23,24). The summed E-state index contributed by atoms with van der Waals surface area (Å²) in [4.78, 5) is 22.0. The van der Waals surface area contributed by atoms with Gasteiger partial charge in [0.15, 0.2) is 0 Å². The first-order chi connectivity index (χ1) is 11.5. The average molecular weight is 342 g/mol. The van der Waals surface area contributed by atoms with Crippen molar-refractivity contribution in [2.75, 3.05) is 26.2 Å². The van der Waals surface area contributed by atoms with Gasteiger partial charge in [0.2, 0.25) is 0 Å². The first-order valence-corrected chi connectivity index (χ1v) is 8.97. The SMILES string of the molecule is O=C(O)CC1CCCN2CCC(CCCN(CC(=O)O)NN2)CC1. The average Bonchev–Trinajstić information content (AvgIpc) is 2.51. The first kappa shape index (κ1) is 19.1. The summed E-state index contributed by atoms with van der Waals surface area (Å²) < 4.78 is 0. The van der Waals surface area contributed by atoms with Crippen LogP contribution in [0.5, 0.6) is 0 Å². The Hall–Kier alpha value is -1.22. The molecule has 2 aliphatic rings. The Balaban J connectivity index is 1.96. The summed E-state index contributed by atoms with van der Waals surface area (Å²) in [6, 6.07) is 0. The highest BCUT2D eigenvalue weighted by Gasteiger charge is 2.22. The highest BCUT2D eigenvalue weighted by molar-refractivity contribution is 5.69. The smallest absolute Gasteiger partial charge is 0.319 e. The van der Waals surface area contributed by atoms with Crippen LogP contribution < -0.4 is 11.1 Å². The molecule has 138 valence electrons. The van der Waals surface area contributed by atoms with Crippen LogP contribution in [0, 0.1) is 11.8 Å². The largest absolute Gasteiger partial charge is 0.481 e. The molecule has 0 spiro atoms. The van der Waals surface area contributed by atoms with E-state index in [0.29, 0.717) is 12.5 Å². The first-order valence-electron chi connectivity index (χ1n) is 8.97. The molecule has 0 amide bonds. The van der Waals surface area contributed by atoms with E-state index in [4.69, 9.17) is 10.2 Å². The van der Waals surface area contributed by atoms with E-state index in [2.05, 4.69) is 16.1 Å². The fourth-order valence-corrected chi connectivity index (χ4v) is 3.68. The zero-order valence-electron chi connectivity index (χ0n) is 14.2. The van der Waals surface area contributed by atoms with Crippen LogP contribution in [0.3, 0.4) is 0 Å². The number of nitrogens with one attached hydrogen (secondary N) is 2. The summed E-state index contributed by atoms with van der Waals surface area (Å²) in [5.41, 5.74) is 6.14. The molecule has 4 N–H and O–H groups in total. The molecule has 2 heterocycles. The summed E-state index contributed by atoms with van der Waals surface area (Å²) in [7, 11) is 0. The number of nitrogens with zero attached hydrogens (tertiary/aromatic N) is 2. The topological polar surface area (TPSA) is 105 Å². The Kier molecular flexibility index (Phi) is 7.90. The van der Waals surface area contributed by atoms with Gasteiger partial charge in [-0.25, -0.2) is 10.0 Å². The lowest BCUT2D eigenvalue weighted by Gasteiger charge is -2.33. The maximum absolute atomic E-state index is 11.0. The quantitative estimate of drug-likeness (QED) is 0.601. The minimum absolute atomic E-state index is 0.0355. The van der Waals surface area contributed by atoms with Gasteiger partial charge in [-0.15, -0.1) is 0 Å². The molecule has 24 heavy (non-hydrogen) atoms. The summed E-state index contributed by atoms with van der Waals surface area (Å²) in [6.45, 7) is 2.40. The van der Waals surface area contributed by atoms with Gasteiger partial charge >= 0.3 is 11.9 Å². The maximum atomic E-state index is 11.0. The molecule has 0 aromatic heterocycles. The monoisotopic (exact) mass is 342 g/mol. The minimum Gasteiger partial charge on any atom is -0.481 e. The molecule has 8 nitrogen and oxygen atoms in total. The summed E-state index contributed by atoms with van der Waals surface area (Å²) in [5, 5.41) is 21.9. The number of hydrazine groups is 3. The molecular weight excluding hydrogens is 312 g/mol. The van der Waals surface area contributed by atoms with Gasteiger partial charge in [0.05, 0.1) is 0 Å². The lowest BCUT2D eigenvalue weighted by atomic mass is 9.86. The van der Waals surface area contributed by atoms with Crippen molar-refractivity contribution in [2.45, 2.75) is 51.4 Å². The Labute approximate surface area is 143 Å². The van der Waals surface area contributed by atoms with Crippen molar-refractivity contribution in [3.05, 3.63) is 0 Å². The van der Waals surface area contributed by atoms with E-state index in [0.717, 1.165) is 58.0 Å². The zero-order valence-corrected chi connectivity index (χ0v) is 14.2. The van der Waals surface area contributed by atoms with Gasteiger partial charge in [-0.2, -0.15) is 11.1 Å². The van der Waals surface area contributed by atoms with Crippen molar-refractivity contribution in [1.82, 2.24) is 21.1 Å². The number of hydrogen-bond acceptors (Lipinski definition) is 6. The van der Waals surface area contributed by atoms with Crippen molar-refractivity contribution >= 4 is 11.9 Å². The van der Waals surface area contributed by atoms with E-state index in [-0.39, 0.29) is 18.9 Å². The molecule has 2 aliphatic heterocycles. The Bertz CT molecular complexity index is 383. The Morgan fingerprint density at radius 3 is 2.42 bits per heavy atom. The van der Waals surface area contributed by atoms with Gasteiger partial charge in [-0.1, -0.05) is 6.42 Å². The summed E-state index contributed by atoms with van der Waals surface area (Å²) >= 11 is 0. The molecule has 2 saturated heterocycles. The molecule has 3 atom stereocenters. The van der Waals surface area contributed by atoms with Crippen LogP contribution in [-0.2, 0) is 9.59 Å². The van der Waals surface area contributed by atoms with E-state index in [9.17, 15) is 9.59 Å². The third-order valence-electron chi connectivity index (χ3n) is 5.03. The molecule has 2 bridgehead atoms. The number of carboxylic acids is 2. The molecule has 2 fully saturated rings. The fraction of sp³-hybridized carbons (Fsp3) is 0.875. The molecule has 8 heteroatoms. The second kappa shape index (κ2) is 9.93. The van der Waals surface area contributed by atoms with Crippen LogP contribution in [0.25, 0.3) is 0 Å². The predicted octanol–water partition coefficient (Wildman–Crippen LogP) is 1.06. The van der Waals surface area contributed by atoms with Crippen molar-refractivity contribution in [1.29, 1.82) is 0 Å². The Morgan fingerprint density at radius 2 is 1.67 bits per heavy atom. The number of aliphatic carboxylic acids is 2. The third-order valence-corrected chi connectivity index (χ3v) is 5.03. The summed E-state index contributed by atoms with van der Waals surface area (Å²) in [5.74, 6) is -0.699.